The summed E-state index contributed by atoms with van der Waals surface area (Å²) in [7, 11) is -2.74. The molecule has 0 aliphatic heterocycles. The number of anilines is 1. The summed E-state index contributed by atoms with van der Waals surface area (Å²) in [5.74, 6) is -0.661. The predicted octanol–water partition coefficient (Wildman–Crippen LogP) is 5.00. The van der Waals surface area contributed by atoms with Crippen LogP contribution < -0.4 is 14.4 Å². The van der Waals surface area contributed by atoms with Crippen molar-refractivity contribution in [2.24, 2.45) is 0 Å². The number of methoxy groups -OCH3 is 1. The van der Waals surface area contributed by atoms with Gasteiger partial charge in [-0.15, -0.1) is 0 Å². The Morgan fingerprint density at radius 1 is 1.12 bits per heavy atom. The molecule has 3 rings (SSSR count). The van der Waals surface area contributed by atoms with Gasteiger partial charge in [0.2, 0.25) is 21.8 Å². The Hall–Kier alpha value is -2.99. The molecule has 1 aliphatic rings. The summed E-state index contributed by atoms with van der Waals surface area (Å²) in [6, 6.07) is 8.39. The van der Waals surface area contributed by atoms with Gasteiger partial charge in [0.05, 0.1) is 29.6 Å². The van der Waals surface area contributed by atoms with Gasteiger partial charge in [-0.3, -0.25) is 13.9 Å². The summed E-state index contributed by atoms with van der Waals surface area (Å²) >= 11 is 5.71. The molecule has 2 aromatic carbocycles. The molecule has 0 spiro atoms. The second kappa shape index (κ2) is 13.1. The van der Waals surface area contributed by atoms with Gasteiger partial charge in [-0.05, 0) is 55.7 Å². The second-order valence-electron chi connectivity index (χ2n) is 9.82. The maximum absolute atomic E-state index is 13.7. The monoisotopic (exact) mass is 603 g/mol. The Labute approximate surface area is 237 Å². The van der Waals surface area contributed by atoms with Crippen molar-refractivity contribution < 1.29 is 35.9 Å². The third-order valence-electron chi connectivity index (χ3n) is 6.83. The average molecular weight is 604 g/mol. The highest BCUT2D eigenvalue weighted by Crippen LogP contribution is 2.37. The molecule has 0 bridgehead atoms. The summed E-state index contributed by atoms with van der Waals surface area (Å²) in [4.78, 5) is 28.1. The third kappa shape index (κ3) is 8.26. The van der Waals surface area contributed by atoms with Crippen molar-refractivity contribution in [3.63, 3.8) is 0 Å². The van der Waals surface area contributed by atoms with Crippen molar-refractivity contribution in [3.8, 4) is 5.75 Å². The highest BCUT2D eigenvalue weighted by atomic mass is 35.5. The standard InChI is InChI=1S/C27H33ClF3N3O5S/c1-18(26(36)32-20-9-5-4-6-10-20)33(16-19-8-7-11-22(14-19)39-2)25(35)17-34(40(3,37)38)21-12-13-24(28)23(15-21)27(29,30)31/h7-8,11-15,18,20H,4-6,9-10,16-17H2,1-3H3,(H,32,36)/t18-/m1/s1. The summed E-state index contributed by atoms with van der Waals surface area (Å²) < 4.78 is 71.7. The SMILES string of the molecule is COc1cccc(CN(C(=O)CN(c2ccc(Cl)c(C(F)(F)F)c2)S(C)(=O)=O)[C@H](C)C(=O)NC2CCCCC2)c1. The van der Waals surface area contributed by atoms with Crippen LogP contribution >= 0.6 is 11.6 Å². The molecule has 0 radical (unpaired) electrons. The van der Waals surface area contributed by atoms with E-state index in [2.05, 4.69) is 5.32 Å². The first-order valence-corrected chi connectivity index (χ1v) is 15.0. The van der Waals surface area contributed by atoms with E-state index in [-0.39, 0.29) is 18.3 Å². The van der Waals surface area contributed by atoms with E-state index >= 15 is 0 Å². The van der Waals surface area contributed by atoms with Crippen LogP contribution in [-0.2, 0) is 32.3 Å². The van der Waals surface area contributed by atoms with Crippen LogP contribution in [0.15, 0.2) is 42.5 Å². The number of alkyl halides is 3. The van der Waals surface area contributed by atoms with E-state index in [0.717, 1.165) is 50.5 Å². The zero-order valence-corrected chi connectivity index (χ0v) is 24.1. The minimum absolute atomic E-state index is 0.0279. The predicted molar refractivity (Wildman–Crippen MR) is 147 cm³/mol. The Balaban J connectivity index is 1.94. The average Bonchev–Trinajstić information content (AvgIpc) is 2.89. The lowest BCUT2D eigenvalue weighted by Crippen LogP contribution is -2.53. The first-order chi connectivity index (χ1) is 18.7. The van der Waals surface area contributed by atoms with Crippen LogP contribution in [0.1, 0.15) is 50.2 Å². The zero-order chi connectivity index (χ0) is 29.7. The Morgan fingerprint density at radius 3 is 2.40 bits per heavy atom. The van der Waals surface area contributed by atoms with Crippen LogP contribution in [0.25, 0.3) is 0 Å². The smallest absolute Gasteiger partial charge is 0.417 e. The normalized spacial score (nSPS) is 15.3. The van der Waals surface area contributed by atoms with Gasteiger partial charge in [-0.1, -0.05) is 43.0 Å². The quantitative estimate of drug-likeness (QED) is 0.412. The first kappa shape index (κ1) is 31.5. The first-order valence-electron chi connectivity index (χ1n) is 12.8. The number of nitrogens with zero attached hydrogens (tertiary/aromatic N) is 2. The minimum Gasteiger partial charge on any atom is -0.497 e. The van der Waals surface area contributed by atoms with Gasteiger partial charge in [-0.25, -0.2) is 8.42 Å². The van der Waals surface area contributed by atoms with Gasteiger partial charge in [0.15, 0.2) is 0 Å². The number of sulfonamides is 1. The van der Waals surface area contributed by atoms with E-state index in [1.165, 1.54) is 18.9 Å². The molecule has 2 amide bonds. The molecule has 0 aromatic heterocycles. The number of hydrogen-bond donors (Lipinski definition) is 1. The number of carbonyl (C=O) groups is 2. The number of rotatable bonds is 10. The summed E-state index contributed by atoms with van der Waals surface area (Å²) in [5.41, 5.74) is -1.00. The number of amides is 2. The van der Waals surface area contributed by atoms with E-state index in [1.807, 2.05) is 0 Å². The second-order valence-corrected chi connectivity index (χ2v) is 12.1. The largest absolute Gasteiger partial charge is 0.497 e. The van der Waals surface area contributed by atoms with E-state index in [1.54, 1.807) is 24.3 Å². The van der Waals surface area contributed by atoms with Crippen LogP contribution in [0.2, 0.25) is 5.02 Å². The highest BCUT2D eigenvalue weighted by molar-refractivity contribution is 7.92. The van der Waals surface area contributed by atoms with Crippen molar-refractivity contribution in [2.75, 3.05) is 24.2 Å². The van der Waals surface area contributed by atoms with Gasteiger partial charge in [-0.2, -0.15) is 13.2 Å². The Morgan fingerprint density at radius 2 is 1.80 bits per heavy atom. The van der Waals surface area contributed by atoms with E-state index in [0.29, 0.717) is 21.7 Å². The summed E-state index contributed by atoms with van der Waals surface area (Å²) in [6.07, 6.45) is 0.638. The molecular formula is C27H33ClF3N3O5S. The number of halogens is 4. The van der Waals surface area contributed by atoms with E-state index in [9.17, 15) is 31.2 Å². The van der Waals surface area contributed by atoms with Gasteiger partial charge in [0.25, 0.3) is 0 Å². The molecule has 220 valence electrons. The number of carbonyl (C=O) groups excluding carboxylic acids is 2. The van der Waals surface area contributed by atoms with Crippen LogP contribution in [0, 0.1) is 0 Å². The fourth-order valence-electron chi connectivity index (χ4n) is 4.62. The molecule has 40 heavy (non-hydrogen) atoms. The van der Waals surface area contributed by atoms with Crippen molar-refractivity contribution in [3.05, 3.63) is 58.6 Å². The highest BCUT2D eigenvalue weighted by Gasteiger charge is 2.36. The molecule has 2 aromatic rings. The van der Waals surface area contributed by atoms with E-state index < -0.39 is 51.2 Å². The number of hydrogen-bond acceptors (Lipinski definition) is 5. The van der Waals surface area contributed by atoms with Gasteiger partial charge in [0, 0.05) is 12.6 Å². The van der Waals surface area contributed by atoms with Crippen LogP contribution in [0.4, 0.5) is 18.9 Å². The fraction of sp³-hybridized carbons (Fsp3) is 0.481. The molecule has 1 N–H and O–H groups in total. The van der Waals surface area contributed by atoms with Crippen LogP contribution in [0.3, 0.4) is 0 Å². The van der Waals surface area contributed by atoms with Gasteiger partial charge >= 0.3 is 6.18 Å². The zero-order valence-electron chi connectivity index (χ0n) is 22.5. The molecule has 0 saturated heterocycles. The molecule has 1 atom stereocenters. The summed E-state index contributed by atoms with van der Waals surface area (Å²) in [5, 5.41) is 2.37. The van der Waals surface area contributed by atoms with Crippen LogP contribution in [-0.4, -0.2) is 57.1 Å². The van der Waals surface area contributed by atoms with Crippen LogP contribution in [0.5, 0.6) is 5.75 Å². The molecule has 1 fully saturated rings. The van der Waals surface area contributed by atoms with E-state index in [4.69, 9.17) is 16.3 Å². The van der Waals surface area contributed by atoms with Gasteiger partial charge < -0.3 is 15.0 Å². The van der Waals surface area contributed by atoms with Gasteiger partial charge in [0.1, 0.15) is 18.3 Å². The number of nitrogens with one attached hydrogen (secondary N) is 1. The lowest BCUT2D eigenvalue weighted by atomic mass is 9.95. The molecule has 1 aliphatic carbocycles. The molecular weight excluding hydrogens is 571 g/mol. The Bertz CT molecular complexity index is 1320. The molecule has 8 nitrogen and oxygen atoms in total. The van der Waals surface area contributed by atoms with Crippen molar-refractivity contribution >= 4 is 39.1 Å². The third-order valence-corrected chi connectivity index (χ3v) is 8.30. The molecule has 0 unspecified atom stereocenters. The molecule has 0 heterocycles. The maximum Gasteiger partial charge on any atom is 0.417 e. The summed E-state index contributed by atoms with van der Waals surface area (Å²) in [6.45, 7) is 0.634. The van der Waals surface area contributed by atoms with Crippen molar-refractivity contribution in [2.45, 2.75) is 63.8 Å². The van der Waals surface area contributed by atoms with Crippen molar-refractivity contribution in [1.29, 1.82) is 0 Å². The molecule has 1 saturated carbocycles. The topological polar surface area (TPSA) is 96.0 Å². The fourth-order valence-corrected chi connectivity index (χ4v) is 5.68. The number of benzene rings is 2. The lowest BCUT2D eigenvalue weighted by Gasteiger charge is -2.33. The van der Waals surface area contributed by atoms with Crippen molar-refractivity contribution in [1.82, 2.24) is 10.2 Å². The molecule has 13 heteroatoms. The lowest BCUT2D eigenvalue weighted by molar-refractivity contribution is -0.139. The number of ether oxygens (including phenoxy) is 1. The Kier molecular flexibility index (Phi) is 10.3. The minimum atomic E-state index is -4.84. The maximum atomic E-state index is 13.7.